The second kappa shape index (κ2) is 7.06. The zero-order valence-corrected chi connectivity index (χ0v) is 9.85. The Bertz CT molecular complexity index is 290. The molecule has 17 heavy (non-hydrogen) atoms. The van der Waals surface area contributed by atoms with Crippen LogP contribution in [0.5, 0.6) is 0 Å². The second-order valence-electron chi connectivity index (χ2n) is 4.11. The maximum Gasteiger partial charge on any atom is 0.307 e. The van der Waals surface area contributed by atoms with E-state index in [2.05, 4.69) is 11.9 Å². The number of ether oxygens (including phenoxy) is 1. The summed E-state index contributed by atoms with van der Waals surface area (Å²) in [4.78, 5) is 22.3. The van der Waals surface area contributed by atoms with Crippen molar-refractivity contribution >= 4 is 11.9 Å². The summed E-state index contributed by atoms with van der Waals surface area (Å²) < 4.78 is 5.23. The molecule has 1 fully saturated rings. The highest BCUT2D eigenvalue weighted by molar-refractivity contribution is 5.86. The third-order valence-corrected chi connectivity index (χ3v) is 2.94. The Morgan fingerprint density at radius 3 is 2.59 bits per heavy atom. The Hall–Kier alpha value is -1.36. The van der Waals surface area contributed by atoms with E-state index in [1.165, 1.54) is 0 Å². The van der Waals surface area contributed by atoms with Crippen molar-refractivity contribution in [2.75, 3.05) is 19.8 Å². The first kappa shape index (κ1) is 13.7. The van der Waals surface area contributed by atoms with Gasteiger partial charge in [-0.25, -0.2) is 0 Å². The fourth-order valence-electron chi connectivity index (χ4n) is 1.76. The topological polar surface area (TPSA) is 75.6 Å². The van der Waals surface area contributed by atoms with Gasteiger partial charge in [0.25, 0.3) is 0 Å². The van der Waals surface area contributed by atoms with Crippen molar-refractivity contribution in [3.05, 3.63) is 12.7 Å². The van der Waals surface area contributed by atoms with E-state index >= 15 is 0 Å². The van der Waals surface area contributed by atoms with E-state index in [4.69, 9.17) is 9.84 Å². The van der Waals surface area contributed by atoms with Crippen LogP contribution in [0, 0.1) is 11.8 Å². The van der Waals surface area contributed by atoms with Crippen LogP contribution in [0.25, 0.3) is 0 Å². The molecular formula is C12H19NO4. The van der Waals surface area contributed by atoms with Gasteiger partial charge in [0.15, 0.2) is 0 Å². The summed E-state index contributed by atoms with van der Waals surface area (Å²) in [6.45, 7) is 5.04. The molecule has 1 rings (SSSR count). The molecule has 0 aromatic heterocycles. The lowest BCUT2D eigenvalue weighted by atomic mass is 9.73. The number of rotatable bonds is 8. The number of carboxylic acid groups (broad SMARTS) is 1. The van der Waals surface area contributed by atoms with Crippen LogP contribution in [0.4, 0.5) is 0 Å². The monoisotopic (exact) mass is 241 g/mol. The van der Waals surface area contributed by atoms with Gasteiger partial charge in [-0.1, -0.05) is 6.08 Å². The number of amides is 1. The van der Waals surface area contributed by atoms with Crippen LogP contribution in [0.2, 0.25) is 0 Å². The zero-order valence-electron chi connectivity index (χ0n) is 9.85. The highest BCUT2D eigenvalue weighted by Gasteiger charge is 2.41. The number of carbonyl (C=O) groups excluding carboxylic acids is 1. The first-order chi connectivity index (χ1) is 8.16. The Labute approximate surface area is 101 Å². The molecule has 2 unspecified atom stereocenters. The largest absolute Gasteiger partial charge is 0.481 e. The summed E-state index contributed by atoms with van der Waals surface area (Å²) >= 11 is 0. The molecule has 0 heterocycles. The predicted molar refractivity (Wildman–Crippen MR) is 62.5 cm³/mol. The van der Waals surface area contributed by atoms with Crippen molar-refractivity contribution in [3.63, 3.8) is 0 Å². The summed E-state index contributed by atoms with van der Waals surface area (Å²) in [7, 11) is 0. The first-order valence-electron chi connectivity index (χ1n) is 5.86. The smallest absolute Gasteiger partial charge is 0.307 e. The molecular weight excluding hydrogens is 222 g/mol. The molecule has 1 aliphatic carbocycles. The minimum atomic E-state index is -0.876. The van der Waals surface area contributed by atoms with Gasteiger partial charge in [0.1, 0.15) is 0 Å². The highest BCUT2D eigenvalue weighted by atomic mass is 16.5. The molecule has 0 bridgehead atoms. The number of nitrogens with one attached hydrogen (secondary N) is 1. The van der Waals surface area contributed by atoms with Gasteiger partial charge >= 0.3 is 5.97 Å². The van der Waals surface area contributed by atoms with Crippen molar-refractivity contribution in [2.45, 2.75) is 19.3 Å². The van der Waals surface area contributed by atoms with Gasteiger partial charge < -0.3 is 15.2 Å². The summed E-state index contributed by atoms with van der Waals surface area (Å²) in [6, 6.07) is 0. The Morgan fingerprint density at radius 2 is 2.06 bits per heavy atom. The molecule has 0 aromatic rings. The summed E-state index contributed by atoms with van der Waals surface area (Å²) in [5, 5.41) is 11.5. The van der Waals surface area contributed by atoms with Gasteiger partial charge in [-0.2, -0.15) is 0 Å². The number of carboxylic acids is 1. The van der Waals surface area contributed by atoms with E-state index in [1.54, 1.807) is 6.08 Å². The van der Waals surface area contributed by atoms with Gasteiger partial charge in [0.2, 0.25) is 5.91 Å². The summed E-state index contributed by atoms with van der Waals surface area (Å²) in [6.07, 6.45) is 3.82. The third-order valence-electron chi connectivity index (χ3n) is 2.94. The highest BCUT2D eigenvalue weighted by Crippen LogP contribution is 2.34. The summed E-state index contributed by atoms with van der Waals surface area (Å²) in [5.74, 6) is -1.91. The molecule has 1 amide bonds. The van der Waals surface area contributed by atoms with Crippen LogP contribution < -0.4 is 5.32 Å². The number of hydrogen-bond acceptors (Lipinski definition) is 3. The number of aliphatic carboxylic acids is 1. The van der Waals surface area contributed by atoms with Gasteiger partial charge in [-0.3, -0.25) is 9.59 Å². The second-order valence-corrected chi connectivity index (χ2v) is 4.11. The number of hydrogen-bond donors (Lipinski definition) is 2. The van der Waals surface area contributed by atoms with Crippen LogP contribution in [-0.4, -0.2) is 36.7 Å². The van der Waals surface area contributed by atoms with Gasteiger partial charge in [0, 0.05) is 6.54 Å². The molecule has 0 radical (unpaired) electrons. The van der Waals surface area contributed by atoms with Crippen LogP contribution >= 0.6 is 0 Å². The molecule has 2 atom stereocenters. The summed E-state index contributed by atoms with van der Waals surface area (Å²) in [5.41, 5.74) is 0. The minimum absolute atomic E-state index is 0.170. The predicted octanol–water partition coefficient (Wildman–Crippen LogP) is 0.806. The molecule has 1 aliphatic rings. The van der Waals surface area contributed by atoms with E-state index < -0.39 is 11.9 Å². The molecule has 0 aromatic carbocycles. The normalized spacial score (nSPS) is 22.6. The molecule has 0 saturated heterocycles. The third kappa shape index (κ3) is 4.19. The van der Waals surface area contributed by atoms with Crippen molar-refractivity contribution in [1.29, 1.82) is 0 Å². The maximum absolute atomic E-state index is 11.6. The molecule has 1 saturated carbocycles. The molecule has 5 nitrogen and oxygen atoms in total. The fourth-order valence-corrected chi connectivity index (χ4v) is 1.76. The van der Waals surface area contributed by atoms with Crippen molar-refractivity contribution in [3.8, 4) is 0 Å². The average molecular weight is 241 g/mol. The molecule has 0 spiro atoms. The van der Waals surface area contributed by atoms with Crippen LogP contribution in [0.3, 0.4) is 0 Å². The quantitative estimate of drug-likeness (QED) is 0.487. The lowest BCUT2D eigenvalue weighted by Gasteiger charge is -2.31. The van der Waals surface area contributed by atoms with Crippen molar-refractivity contribution < 1.29 is 19.4 Å². The molecule has 96 valence electrons. The Balaban J connectivity index is 2.09. The van der Waals surface area contributed by atoms with E-state index in [0.717, 1.165) is 6.42 Å². The van der Waals surface area contributed by atoms with Crippen LogP contribution in [0.15, 0.2) is 12.7 Å². The van der Waals surface area contributed by atoms with E-state index in [1.807, 2.05) is 0 Å². The average Bonchev–Trinajstić information content (AvgIpc) is 2.20. The van der Waals surface area contributed by atoms with Crippen LogP contribution in [-0.2, 0) is 14.3 Å². The SMILES string of the molecule is C=CCCOCCNC(=O)C1CCC1C(=O)O. The van der Waals surface area contributed by atoms with Gasteiger partial charge in [0.05, 0.1) is 25.0 Å². The number of carbonyl (C=O) groups is 2. The maximum atomic E-state index is 11.6. The molecule has 2 N–H and O–H groups in total. The van der Waals surface area contributed by atoms with E-state index in [-0.39, 0.29) is 11.8 Å². The van der Waals surface area contributed by atoms with E-state index in [9.17, 15) is 9.59 Å². The van der Waals surface area contributed by atoms with Gasteiger partial charge in [-0.05, 0) is 19.3 Å². The van der Waals surface area contributed by atoms with Crippen molar-refractivity contribution in [1.82, 2.24) is 5.32 Å². The standard InChI is InChI=1S/C12H19NO4/c1-2-3-7-17-8-6-13-11(14)9-4-5-10(9)12(15)16/h2,9-10H,1,3-8H2,(H,13,14)(H,15,16). The van der Waals surface area contributed by atoms with Gasteiger partial charge in [-0.15, -0.1) is 6.58 Å². The molecule has 5 heteroatoms. The van der Waals surface area contributed by atoms with Crippen LogP contribution in [0.1, 0.15) is 19.3 Å². The molecule has 0 aliphatic heterocycles. The minimum Gasteiger partial charge on any atom is -0.481 e. The lowest BCUT2D eigenvalue weighted by Crippen LogP contribution is -2.44. The van der Waals surface area contributed by atoms with E-state index in [0.29, 0.717) is 32.6 Å². The Morgan fingerprint density at radius 1 is 1.35 bits per heavy atom. The zero-order chi connectivity index (χ0) is 12.7. The lowest BCUT2D eigenvalue weighted by molar-refractivity contribution is -0.152. The Kier molecular flexibility index (Phi) is 5.69. The van der Waals surface area contributed by atoms with Crippen molar-refractivity contribution in [2.24, 2.45) is 11.8 Å². The first-order valence-corrected chi connectivity index (χ1v) is 5.86. The fraction of sp³-hybridized carbons (Fsp3) is 0.667.